The lowest BCUT2D eigenvalue weighted by Gasteiger charge is -2.27. The van der Waals surface area contributed by atoms with Gasteiger partial charge in [0.2, 0.25) is 0 Å². The van der Waals surface area contributed by atoms with Crippen LogP contribution in [0.3, 0.4) is 0 Å². The van der Waals surface area contributed by atoms with E-state index in [1.807, 2.05) is 13.8 Å². The summed E-state index contributed by atoms with van der Waals surface area (Å²) in [6.45, 7) is 11.7. The SMILES string of the molecule is CCOC(CCN(CC)c1ccccc1C)OCC. The lowest BCUT2D eigenvalue weighted by Crippen LogP contribution is -2.29. The molecular formula is C16H27NO2. The molecule has 0 saturated heterocycles. The van der Waals surface area contributed by atoms with Crippen LogP contribution >= 0.6 is 0 Å². The molecule has 0 bridgehead atoms. The Morgan fingerprint density at radius 2 is 1.68 bits per heavy atom. The number of para-hydroxylation sites is 1. The predicted octanol–water partition coefficient (Wildman–Crippen LogP) is 3.61. The van der Waals surface area contributed by atoms with Gasteiger partial charge < -0.3 is 14.4 Å². The van der Waals surface area contributed by atoms with E-state index in [4.69, 9.17) is 9.47 Å². The minimum atomic E-state index is -0.0898. The molecular weight excluding hydrogens is 238 g/mol. The number of benzene rings is 1. The molecule has 0 heterocycles. The second kappa shape index (κ2) is 8.94. The van der Waals surface area contributed by atoms with Crippen LogP contribution in [-0.4, -0.2) is 32.6 Å². The fraction of sp³-hybridized carbons (Fsp3) is 0.625. The van der Waals surface area contributed by atoms with Crippen LogP contribution in [0.25, 0.3) is 0 Å². The van der Waals surface area contributed by atoms with Crippen LogP contribution in [-0.2, 0) is 9.47 Å². The number of anilines is 1. The van der Waals surface area contributed by atoms with Gasteiger partial charge in [-0.15, -0.1) is 0 Å². The second-order valence-corrected chi connectivity index (χ2v) is 4.50. The molecule has 3 nitrogen and oxygen atoms in total. The van der Waals surface area contributed by atoms with Crippen molar-refractivity contribution in [2.24, 2.45) is 0 Å². The van der Waals surface area contributed by atoms with Crippen molar-refractivity contribution in [2.75, 3.05) is 31.2 Å². The molecule has 1 aromatic rings. The van der Waals surface area contributed by atoms with Gasteiger partial charge in [0, 0.05) is 38.4 Å². The molecule has 0 N–H and O–H groups in total. The summed E-state index contributed by atoms with van der Waals surface area (Å²) < 4.78 is 11.2. The Kier molecular flexibility index (Phi) is 7.53. The molecule has 19 heavy (non-hydrogen) atoms. The Morgan fingerprint density at radius 3 is 2.21 bits per heavy atom. The topological polar surface area (TPSA) is 21.7 Å². The third-order valence-corrected chi connectivity index (χ3v) is 3.18. The lowest BCUT2D eigenvalue weighted by molar-refractivity contribution is -0.138. The number of hydrogen-bond donors (Lipinski definition) is 0. The zero-order chi connectivity index (χ0) is 14.1. The molecule has 1 aromatic carbocycles. The Labute approximate surface area is 117 Å². The van der Waals surface area contributed by atoms with Crippen molar-refractivity contribution in [3.8, 4) is 0 Å². The number of hydrogen-bond acceptors (Lipinski definition) is 3. The van der Waals surface area contributed by atoms with Crippen molar-refractivity contribution in [1.29, 1.82) is 0 Å². The highest BCUT2D eigenvalue weighted by molar-refractivity contribution is 5.52. The van der Waals surface area contributed by atoms with E-state index in [9.17, 15) is 0 Å². The first-order valence-electron chi connectivity index (χ1n) is 7.26. The number of ether oxygens (including phenoxy) is 2. The molecule has 0 radical (unpaired) electrons. The van der Waals surface area contributed by atoms with Crippen molar-refractivity contribution < 1.29 is 9.47 Å². The van der Waals surface area contributed by atoms with E-state index < -0.39 is 0 Å². The van der Waals surface area contributed by atoms with Crippen LogP contribution in [0.4, 0.5) is 5.69 Å². The van der Waals surface area contributed by atoms with E-state index in [0.29, 0.717) is 13.2 Å². The monoisotopic (exact) mass is 265 g/mol. The van der Waals surface area contributed by atoms with Gasteiger partial charge >= 0.3 is 0 Å². The average Bonchev–Trinajstić information content (AvgIpc) is 2.41. The van der Waals surface area contributed by atoms with Crippen molar-refractivity contribution in [1.82, 2.24) is 0 Å². The van der Waals surface area contributed by atoms with Crippen LogP contribution in [0.5, 0.6) is 0 Å². The van der Waals surface area contributed by atoms with E-state index in [1.54, 1.807) is 0 Å². The van der Waals surface area contributed by atoms with Crippen LogP contribution in [0.1, 0.15) is 32.8 Å². The highest BCUT2D eigenvalue weighted by Gasteiger charge is 2.12. The summed E-state index contributed by atoms with van der Waals surface area (Å²) in [6, 6.07) is 8.50. The third-order valence-electron chi connectivity index (χ3n) is 3.18. The Morgan fingerprint density at radius 1 is 1.05 bits per heavy atom. The standard InChI is InChI=1S/C16H27NO2/c1-5-17(15-11-9-8-10-14(15)4)13-12-16(18-6-2)19-7-3/h8-11,16H,5-7,12-13H2,1-4H3. The first-order valence-corrected chi connectivity index (χ1v) is 7.26. The van der Waals surface area contributed by atoms with Crippen LogP contribution in [0.2, 0.25) is 0 Å². The summed E-state index contributed by atoms with van der Waals surface area (Å²) >= 11 is 0. The largest absolute Gasteiger partial charge is 0.371 e. The van der Waals surface area contributed by atoms with Gasteiger partial charge in [-0.2, -0.15) is 0 Å². The van der Waals surface area contributed by atoms with E-state index in [-0.39, 0.29) is 6.29 Å². The molecule has 108 valence electrons. The van der Waals surface area contributed by atoms with Crippen LogP contribution < -0.4 is 4.90 Å². The molecule has 1 rings (SSSR count). The minimum Gasteiger partial charge on any atom is -0.371 e. The van der Waals surface area contributed by atoms with E-state index >= 15 is 0 Å². The fourth-order valence-electron chi connectivity index (χ4n) is 2.21. The van der Waals surface area contributed by atoms with E-state index in [1.165, 1.54) is 11.3 Å². The summed E-state index contributed by atoms with van der Waals surface area (Å²) in [5.74, 6) is 0. The van der Waals surface area contributed by atoms with Gasteiger partial charge in [-0.05, 0) is 39.3 Å². The van der Waals surface area contributed by atoms with Gasteiger partial charge in [-0.25, -0.2) is 0 Å². The molecule has 0 saturated carbocycles. The summed E-state index contributed by atoms with van der Waals surface area (Å²) in [5.41, 5.74) is 2.62. The molecule has 0 fully saturated rings. The summed E-state index contributed by atoms with van der Waals surface area (Å²) in [5, 5.41) is 0. The Balaban J connectivity index is 2.59. The van der Waals surface area contributed by atoms with E-state index in [2.05, 4.69) is 43.0 Å². The number of nitrogens with zero attached hydrogens (tertiary/aromatic N) is 1. The number of aryl methyl sites for hydroxylation is 1. The third kappa shape index (κ3) is 5.21. The molecule has 0 atom stereocenters. The van der Waals surface area contributed by atoms with Gasteiger partial charge in [-0.1, -0.05) is 18.2 Å². The summed E-state index contributed by atoms with van der Waals surface area (Å²) in [6.07, 6.45) is 0.803. The van der Waals surface area contributed by atoms with Crippen LogP contribution in [0, 0.1) is 6.92 Å². The zero-order valence-electron chi connectivity index (χ0n) is 12.7. The smallest absolute Gasteiger partial charge is 0.159 e. The molecule has 0 amide bonds. The predicted molar refractivity (Wildman–Crippen MR) is 80.7 cm³/mol. The molecule has 0 aliphatic rings. The highest BCUT2D eigenvalue weighted by atomic mass is 16.7. The van der Waals surface area contributed by atoms with Gasteiger partial charge in [0.15, 0.2) is 6.29 Å². The highest BCUT2D eigenvalue weighted by Crippen LogP contribution is 2.19. The van der Waals surface area contributed by atoms with Crippen molar-refractivity contribution in [2.45, 2.75) is 40.4 Å². The fourth-order valence-corrected chi connectivity index (χ4v) is 2.21. The minimum absolute atomic E-state index is 0.0898. The van der Waals surface area contributed by atoms with Gasteiger partial charge in [0.05, 0.1) is 0 Å². The maximum Gasteiger partial charge on any atom is 0.159 e. The molecule has 3 heteroatoms. The molecule has 0 aromatic heterocycles. The zero-order valence-corrected chi connectivity index (χ0v) is 12.7. The molecule has 0 unspecified atom stereocenters. The second-order valence-electron chi connectivity index (χ2n) is 4.50. The maximum atomic E-state index is 5.59. The molecule has 0 spiro atoms. The first kappa shape index (κ1) is 16.0. The normalized spacial score (nSPS) is 11.0. The Hall–Kier alpha value is -1.06. The van der Waals surface area contributed by atoms with Crippen LogP contribution in [0.15, 0.2) is 24.3 Å². The van der Waals surface area contributed by atoms with Gasteiger partial charge in [-0.3, -0.25) is 0 Å². The number of rotatable bonds is 9. The molecule has 0 aliphatic carbocycles. The maximum absolute atomic E-state index is 5.59. The molecule has 0 aliphatic heterocycles. The van der Waals surface area contributed by atoms with Crippen molar-refractivity contribution in [3.63, 3.8) is 0 Å². The average molecular weight is 265 g/mol. The van der Waals surface area contributed by atoms with Crippen molar-refractivity contribution >= 4 is 5.69 Å². The van der Waals surface area contributed by atoms with Gasteiger partial charge in [0.1, 0.15) is 0 Å². The van der Waals surface area contributed by atoms with E-state index in [0.717, 1.165) is 19.5 Å². The summed E-state index contributed by atoms with van der Waals surface area (Å²) in [4.78, 5) is 2.38. The lowest BCUT2D eigenvalue weighted by atomic mass is 10.1. The first-order chi connectivity index (χ1) is 9.22. The van der Waals surface area contributed by atoms with Gasteiger partial charge in [0.25, 0.3) is 0 Å². The van der Waals surface area contributed by atoms with Crippen molar-refractivity contribution in [3.05, 3.63) is 29.8 Å². The quantitative estimate of drug-likeness (QED) is 0.637. The Bertz CT molecular complexity index is 348. The summed E-state index contributed by atoms with van der Waals surface area (Å²) in [7, 11) is 0.